The number of rotatable bonds is 6. The Balaban J connectivity index is 1.34. The van der Waals surface area contributed by atoms with E-state index in [0.717, 1.165) is 24.0 Å². The zero-order valence-electron chi connectivity index (χ0n) is 15.6. The van der Waals surface area contributed by atoms with Crippen molar-refractivity contribution in [2.75, 3.05) is 13.1 Å². The topological polar surface area (TPSA) is 69.7 Å². The van der Waals surface area contributed by atoms with Gasteiger partial charge in [0.1, 0.15) is 0 Å². The second-order valence-electron chi connectivity index (χ2n) is 7.38. The van der Waals surface area contributed by atoms with Gasteiger partial charge in [-0.05, 0) is 36.1 Å². The van der Waals surface area contributed by atoms with Crippen LogP contribution in [0.5, 0.6) is 0 Å². The van der Waals surface area contributed by atoms with E-state index in [2.05, 4.69) is 5.32 Å². The Hall–Kier alpha value is -3.15. The first kappa shape index (κ1) is 18.2. The van der Waals surface area contributed by atoms with Crippen molar-refractivity contribution < 1.29 is 14.4 Å². The molecule has 2 fully saturated rings. The number of hydrogen-bond acceptors (Lipinski definition) is 3. The highest BCUT2D eigenvalue weighted by molar-refractivity contribution is 6.35. The largest absolute Gasteiger partial charge is 0.349 e. The maximum atomic E-state index is 12.5. The Kier molecular flexibility index (Phi) is 5.10. The van der Waals surface area contributed by atoms with E-state index in [1.807, 2.05) is 42.5 Å². The Morgan fingerprint density at radius 2 is 1.36 bits per heavy atom. The molecule has 3 amide bonds. The Morgan fingerprint density at radius 3 is 1.89 bits per heavy atom. The van der Waals surface area contributed by atoms with Crippen LogP contribution in [0, 0.1) is 0 Å². The highest BCUT2D eigenvalue weighted by atomic mass is 16.2. The fraction of sp³-hybridized carbons (Fsp3) is 0.318. The van der Waals surface area contributed by atoms with Gasteiger partial charge in [0.25, 0.3) is 5.91 Å². The Morgan fingerprint density at radius 1 is 0.821 bits per heavy atom. The number of benzene rings is 2. The van der Waals surface area contributed by atoms with Gasteiger partial charge in [-0.2, -0.15) is 0 Å². The lowest BCUT2D eigenvalue weighted by atomic mass is 10.1. The fourth-order valence-corrected chi connectivity index (χ4v) is 3.30. The summed E-state index contributed by atoms with van der Waals surface area (Å²) in [5.74, 6) is -0.997. The monoisotopic (exact) mass is 377 g/mol. The summed E-state index contributed by atoms with van der Waals surface area (Å²) in [6.45, 7) is 1.83. The molecule has 144 valence electrons. The smallest absolute Gasteiger partial charge is 0.312 e. The molecule has 6 nitrogen and oxygen atoms in total. The summed E-state index contributed by atoms with van der Waals surface area (Å²) in [4.78, 5) is 40.2. The molecule has 2 aromatic carbocycles. The highest BCUT2D eigenvalue weighted by Crippen LogP contribution is 2.19. The van der Waals surface area contributed by atoms with Crippen molar-refractivity contribution in [1.29, 1.82) is 0 Å². The summed E-state index contributed by atoms with van der Waals surface area (Å²) in [6, 6.07) is 17.2. The number of carbonyl (C=O) groups is 3. The van der Waals surface area contributed by atoms with Crippen LogP contribution in [-0.2, 0) is 22.7 Å². The number of piperazine rings is 1. The van der Waals surface area contributed by atoms with E-state index in [0.29, 0.717) is 37.8 Å². The van der Waals surface area contributed by atoms with Crippen molar-refractivity contribution in [2.24, 2.45) is 0 Å². The maximum absolute atomic E-state index is 12.5. The van der Waals surface area contributed by atoms with Gasteiger partial charge < -0.3 is 15.1 Å². The molecule has 2 aromatic rings. The van der Waals surface area contributed by atoms with E-state index in [4.69, 9.17) is 0 Å². The van der Waals surface area contributed by atoms with Gasteiger partial charge in [-0.25, -0.2) is 0 Å². The molecular weight excluding hydrogens is 354 g/mol. The minimum Gasteiger partial charge on any atom is -0.349 e. The van der Waals surface area contributed by atoms with Crippen LogP contribution in [0.3, 0.4) is 0 Å². The standard InChI is InChI=1S/C22H23N3O3/c26-20(23-19-10-11-19)18-8-6-17(7-9-18)15-25-13-12-24(21(27)22(25)28)14-16-4-2-1-3-5-16/h1-9,19H,10-15H2,(H,23,26). The lowest BCUT2D eigenvalue weighted by molar-refractivity contribution is -0.156. The summed E-state index contributed by atoms with van der Waals surface area (Å²) in [6.07, 6.45) is 2.10. The molecule has 1 aliphatic heterocycles. The van der Waals surface area contributed by atoms with Crippen LogP contribution in [-0.4, -0.2) is 46.7 Å². The van der Waals surface area contributed by atoms with Crippen molar-refractivity contribution in [3.63, 3.8) is 0 Å². The second kappa shape index (κ2) is 7.84. The van der Waals surface area contributed by atoms with Gasteiger partial charge in [0.05, 0.1) is 0 Å². The summed E-state index contributed by atoms with van der Waals surface area (Å²) in [5, 5.41) is 2.95. The molecular formula is C22H23N3O3. The molecule has 1 saturated heterocycles. The summed E-state index contributed by atoms with van der Waals surface area (Å²) in [5.41, 5.74) is 2.53. The fourth-order valence-electron chi connectivity index (χ4n) is 3.30. The summed E-state index contributed by atoms with van der Waals surface area (Å²) in [7, 11) is 0. The van der Waals surface area contributed by atoms with Crippen molar-refractivity contribution in [1.82, 2.24) is 15.1 Å². The van der Waals surface area contributed by atoms with E-state index in [1.54, 1.807) is 21.9 Å². The SMILES string of the molecule is O=C(NC1CC1)c1ccc(CN2CCN(Cc3ccccc3)C(=O)C2=O)cc1. The van der Waals surface area contributed by atoms with Crippen LogP contribution in [0.15, 0.2) is 54.6 Å². The quantitative estimate of drug-likeness (QED) is 0.783. The lowest BCUT2D eigenvalue weighted by Gasteiger charge is -2.33. The number of carbonyl (C=O) groups excluding carboxylic acids is 3. The van der Waals surface area contributed by atoms with Crippen LogP contribution >= 0.6 is 0 Å². The van der Waals surface area contributed by atoms with Gasteiger partial charge in [-0.15, -0.1) is 0 Å². The van der Waals surface area contributed by atoms with E-state index in [-0.39, 0.29) is 5.91 Å². The van der Waals surface area contributed by atoms with Crippen LogP contribution in [0.25, 0.3) is 0 Å². The normalized spacial score (nSPS) is 17.0. The molecule has 0 aromatic heterocycles. The molecule has 0 unspecified atom stereocenters. The van der Waals surface area contributed by atoms with E-state index in [9.17, 15) is 14.4 Å². The zero-order valence-corrected chi connectivity index (χ0v) is 15.6. The van der Waals surface area contributed by atoms with Gasteiger partial charge in [-0.1, -0.05) is 42.5 Å². The molecule has 4 rings (SSSR count). The number of nitrogens with zero attached hydrogens (tertiary/aromatic N) is 2. The average Bonchev–Trinajstić information content (AvgIpc) is 3.53. The molecule has 0 bridgehead atoms. The average molecular weight is 377 g/mol. The third-order valence-electron chi connectivity index (χ3n) is 5.12. The van der Waals surface area contributed by atoms with Crippen LogP contribution in [0.2, 0.25) is 0 Å². The highest BCUT2D eigenvalue weighted by Gasteiger charge is 2.32. The molecule has 0 radical (unpaired) electrons. The second-order valence-corrected chi connectivity index (χ2v) is 7.38. The molecule has 1 N–H and O–H groups in total. The number of nitrogens with one attached hydrogen (secondary N) is 1. The van der Waals surface area contributed by atoms with E-state index >= 15 is 0 Å². The molecule has 1 aliphatic carbocycles. The van der Waals surface area contributed by atoms with Crippen molar-refractivity contribution in [3.8, 4) is 0 Å². The molecule has 1 saturated carbocycles. The molecule has 1 heterocycles. The van der Waals surface area contributed by atoms with E-state index < -0.39 is 11.8 Å². The van der Waals surface area contributed by atoms with Crippen LogP contribution in [0.4, 0.5) is 0 Å². The predicted octanol–water partition coefficient (Wildman–Crippen LogP) is 1.95. The zero-order chi connectivity index (χ0) is 19.5. The van der Waals surface area contributed by atoms with E-state index in [1.165, 1.54) is 0 Å². The third-order valence-corrected chi connectivity index (χ3v) is 5.12. The predicted molar refractivity (Wildman–Crippen MR) is 104 cm³/mol. The van der Waals surface area contributed by atoms with Gasteiger partial charge in [-0.3, -0.25) is 14.4 Å². The first-order valence-corrected chi connectivity index (χ1v) is 9.62. The van der Waals surface area contributed by atoms with Crippen molar-refractivity contribution in [2.45, 2.75) is 32.0 Å². The third kappa shape index (κ3) is 4.22. The van der Waals surface area contributed by atoms with Crippen LogP contribution < -0.4 is 5.32 Å². The summed E-state index contributed by atoms with van der Waals surface area (Å²) < 4.78 is 0. The minimum absolute atomic E-state index is 0.0603. The maximum Gasteiger partial charge on any atom is 0.312 e. The Bertz CT molecular complexity index is 876. The van der Waals surface area contributed by atoms with Gasteiger partial charge in [0, 0.05) is 37.8 Å². The minimum atomic E-state index is -0.474. The molecule has 28 heavy (non-hydrogen) atoms. The molecule has 6 heteroatoms. The van der Waals surface area contributed by atoms with Crippen LogP contribution in [0.1, 0.15) is 34.3 Å². The first-order chi connectivity index (χ1) is 13.6. The first-order valence-electron chi connectivity index (χ1n) is 9.62. The summed E-state index contributed by atoms with van der Waals surface area (Å²) >= 11 is 0. The van der Waals surface area contributed by atoms with Gasteiger partial charge >= 0.3 is 11.8 Å². The van der Waals surface area contributed by atoms with Crippen molar-refractivity contribution >= 4 is 17.7 Å². The lowest BCUT2D eigenvalue weighted by Crippen LogP contribution is -2.53. The molecule has 2 aliphatic rings. The van der Waals surface area contributed by atoms with Gasteiger partial charge in [0.2, 0.25) is 0 Å². The molecule has 0 atom stereocenters. The number of hydrogen-bond donors (Lipinski definition) is 1. The van der Waals surface area contributed by atoms with Gasteiger partial charge in [0.15, 0.2) is 0 Å². The molecule has 0 spiro atoms. The number of amides is 3. The van der Waals surface area contributed by atoms with Crippen molar-refractivity contribution in [3.05, 3.63) is 71.3 Å². The Labute approximate surface area is 164 Å².